The molecule has 1 aromatic rings. The number of hydrogen-bond acceptors (Lipinski definition) is 2. The van der Waals surface area contributed by atoms with Gasteiger partial charge in [0.25, 0.3) is 0 Å². The Hall–Kier alpha value is -1.49. The van der Waals surface area contributed by atoms with Crippen LogP contribution in [0.15, 0.2) is 18.2 Å². The predicted octanol–water partition coefficient (Wildman–Crippen LogP) is 2.68. The molecule has 0 aliphatic carbocycles. The fraction of sp³-hybridized carbons (Fsp3) is 0.500. The predicted molar refractivity (Wildman–Crippen MR) is 69.8 cm³/mol. The van der Waals surface area contributed by atoms with Gasteiger partial charge in [-0.05, 0) is 50.4 Å². The van der Waals surface area contributed by atoms with E-state index in [9.17, 15) is 13.6 Å². The average molecular weight is 268 g/mol. The van der Waals surface area contributed by atoms with E-state index in [-0.39, 0.29) is 5.91 Å². The summed E-state index contributed by atoms with van der Waals surface area (Å²) in [6, 6.07) is 3.36. The molecule has 1 aliphatic rings. The van der Waals surface area contributed by atoms with Gasteiger partial charge in [0.15, 0.2) is 11.6 Å². The van der Waals surface area contributed by atoms with E-state index in [4.69, 9.17) is 0 Å². The summed E-state index contributed by atoms with van der Waals surface area (Å²) in [5.41, 5.74) is 0.297. The third kappa shape index (κ3) is 4.28. The van der Waals surface area contributed by atoms with E-state index < -0.39 is 11.6 Å². The second kappa shape index (κ2) is 6.61. The number of amides is 1. The highest BCUT2D eigenvalue weighted by molar-refractivity contribution is 5.90. The average Bonchev–Trinajstić information content (AvgIpc) is 2.42. The Morgan fingerprint density at radius 1 is 1.37 bits per heavy atom. The van der Waals surface area contributed by atoms with E-state index >= 15 is 0 Å². The van der Waals surface area contributed by atoms with Crippen LogP contribution in [0, 0.1) is 17.6 Å². The highest BCUT2D eigenvalue weighted by Crippen LogP contribution is 2.17. The number of rotatable bonds is 4. The van der Waals surface area contributed by atoms with E-state index in [1.165, 1.54) is 6.07 Å². The molecule has 19 heavy (non-hydrogen) atoms. The number of carbonyl (C=O) groups is 1. The van der Waals surface area contributed by atoms with Crippen LogP contribution in [0.5, 0.6) is 0 Å². The van der Waals surface area contributed by atoms with Gasteiger partial charge in [-0.1, -0.05) is 0 Å². The van der Waals surface area contributed by atoms with Crippen molar-refractivity contribution in [1.29, 1.82) is 0 Å². The zero-order valence-corrected chi connectivity index (χ0v) is 10.7. The molecule has 0 saturated carbocycles. The number of benzene rings is 1. The normalized spacial score (nSPS) is 19.2. The quantitative estimate of drug-likeness (QED) is 0.881. The van der Waals surface area contributed by atoms with Gasteiger partial charge in [0, 0.05) is 18.2 Å². The first-order chi connectivity index (χ1) is 9.15. The molecule has 1 aromatic carbocycles. The van der Waals surface area contributed by atoms with Crippen LogP contribution in [0.2, 0.25) is 0 Å². The second-order valence-electron chi connectivity index (χ2n) is 4.93. The van der Waals surface area contributed by atoms with Crippen molar-refractivity contribution in [2.24, 2.45) is 5.92 Å². The van der Waals surface area contributed by atoms with Crippen molar-refractivity contribution in [3.8, 4) is 0 Å². The largest absolute Gasteiger partial charge is 0.326 e. The molecule has 0 spiro atoms. The molecule has 1 aliphatic heterocycles. The molecule has 0 aromatic heterocycles. The van der Waals surface area contributed by atoms with Gasteiger partial charge in [0.05, 0.1) is 0 Å². The lowest BCUT2D eigenvalue weighted by atomic mass is 9.94. The first-order valence-electron chi connectivity index (χ1n) is 6.61. The lowest BCUT2D eigenvalue weighted by Gasteiger charge is -2.22. The van der Waals surface area contributed by atoms with Crippen molar-refractivity contribution >= 4 is 11.6 Å². The van der Waals surface area contributed by atoms with Gasteiger partial charge in [-0.15, -0.1) is 0 Å². The minimum Gasteiger partial charge on any atom is -0.326 e. The van der Waals surface area contributed by atoms with Gasteiger partial charge in [-0.2, -0.15) is 0 Å². The van der Waals surface area contributed by atoms with Crippen LogP contribution in [-0.2, 0) is 4.79 Å². The Balaban J connectivity index is 1.78. The molecule has 5 heteroatoms. The monoisotopic (exact) mass is 268 g/mol. The minimum atomic E-state index is -0.950. The Labute approximate surface area is 111 Å². The molecule has 0 bridgehead atoms. The number of halogens is 2. The maximum atomic E-state index is 13.0. The number of anilines is 1. The number of hydrogen-bond donors (Lipinski definition) is 2. The zero-order valence-electron chi connectivity index (χ0n) is 10.7. The van der Waals surface area contributed by atoms with E-state index in [1.807, 2.05) is 0 Å². The summed E-state index contributed by atoms with van der Waals surface area (Å²) in [5.74, 6) is -1.48. The maximum Gasteiger partial charge on any atom is 0.224 e. The summed E-state index contributed by atoms with van der Waals surface area (Å²) in [6.45, 7) is 2.01. The lowest BCUT2D eigenvalue weighted by molar-refractivity contribution is -0.116. The summed E-state index contributed by atoms with van der Waals surface area (Å²) in [6.07, 6.45) is 3.52. The van der Waals surface area contributed by atoms with Gasteiger partial charge >= 0.3 is 0 Å². The Bertz CT molecular complexity index is 445. The number of nitrogens with one attached hydrogen (secondary N) is 2. The molecule has 3 nitrogen and oxygen atoms in total. The fourth-order valence-corrected chi connectivity index (χ4v) is 2.30. The Kier molecular flexibility index (Phi) is 4.85. The highest BCUT2D eigenvalue weighted by atomic mass is 19.2. The van der Waals surface area contributed by atoms with Gasteiger partial charge in [0.1, 0.15) is 0 Å². The van der Waals surface area contributed by atoms with Gasteiger partial charge in [-0.25, -0.2) is 8.78 Å². The van der Waals surface area contributed by atoms with Crippen molar-refractivity contribution in [3.05, 3.63) is 29.8 Å². The molecule has 2 rings (SSSR count). The molecular formula is C14H18F2N2O. The van der Waals surface area contributed by atoms with Gasteiger partial charge < -0.3 is 10.6 Å². The standard InChI is InChI=1S/C14H18F2N2O/c15-12-5-4-11(8-13(12)16)18-14(19)6-3-10-2-1-7-17-9-10/h4-5,8,10,17H,1-3,6-7,9H2,(H,18,19). The molecule has 1 heterocycles. The lowest BCUT2D eigenvalue weighted by Crippen LogP contribution is -2.30. The van der Waals surface area contributed by atoms with Crippen molar-refractivity contribution in [2.45, 2.75) is 25.7 Å². The van der Waals surface area contributed by atoms with Crippen molar-refractivity contribution < 1.29 is 13.6 Å². The Morgan fingerprint density at radius 2 is 2.21 bits per heavy atom. The molecule has 1 fully saturated rings. The van der Waals surface area contributed by atoms with E-state index in [1.54, 1.807) is 0 Å². The molecule has 104 valence electrons. The zero-order chi connectivity index (χ0) is 13.7. The maximum absolute atomic E-state index is 13.0. The minimum absolute atomic E-state index is 0.156. The first-order valence-corrected chi connectivity index (χ1v) is 6.61. The fourth-order valence-electron chi connectivity index (χ4n) is 2.30. The van der Waals surface area contributed by atoms with Crippen LogP contribution in [0.4, 0.5) is 14.5 Å². The summed E-state index contributed by atoms with van der Waals surface area (Å²) in [7, 11) is 0. The van der Waals surface area contributed by atoms with E-state index in [0.29, 0.717) is 18.0 Å². The second-order valence-corrected chi connectivity index (χ2v) is 4.93. The third-order valence-corrected chi connectivity index (χ3v) is 3.38. The smallest absolute Gasteiger partial charge is 0.224 e. The summed E-state index contributed by atoms with van der Waals surface area (Å²) in [4.78, 5) is 11.7. The first kappa shape index (κ1) is 13.9. The third-order valence-electron chi connectivity index (χ3n) is 3.38. The van der Waals surface area contributed by atoms with Crippen molar-refractivity contribution in [3.63, 3.8) is 0 Å². The molecule has 0 radical (unpaired) electrons. The van der Waals surface area contributed by atoms with Crippen LogP contribution in [0.1, 0.15) is 25.7 Å². The van der Waals surface area contributed by atoms with Crippen LogP contribution >= 0.6 is 0 Å². The topological polar surface area (TPSA) is 41.1 Å². The number of carbonyl (C=O) groups excluding carboxylic acids is 1. The molecule has 1 amide bonds. The summed E-state index contributed by atoms with van der Waals surface area (Å²) < 4.78 is 25.7. The molecular weight excluding hydrogens is 250 g/mol. The SMILES string of the molecule is O=C(CCC1CCCNC1)Nc1ccc(F)c(F)c1. The summed E-state index contributed by atoms with van der Waals surface area (Å²) >= 11 is 0. The van der Waals surface area contributed by atoms with Crippen LogP contribution in [-0.4, -0.2) is 19.0 Å². The van der Waals surface area contributed by atoms with Crippen LogP contribution < -0.4 is 10.6 Å². The van der Waals surface area contributed by atoms with Gasteiger partial charge in [0.2, 0.25) is 5.91 Å². The van der Waals surface area contributed by atoms with Crippen LogP contribution in [0.3, 0.4) is 0 Å². The molecule has 2 N–H and O–H groups in total. The number of piperidine rings is 1. The molecule has 1 saturated heterocycles. The van der Waals surface area contributed by atoms with Crippen molar-refractivity contribution in [2.75, 3.05) is 18.4 Å². The molecule has 1 atom stereocenters. The van der Waals surface area contributed by atoms with E-state index in [0.717, 1.165) is 44.5 Å². The van der Waals surface area contributed by atoms with E-state index in [2.05, 4.69) is 10.6 Å². The Morgan fingerprint density at radius 3 is 2.89 bits per heavy atom. The molecule has 1 unspecified atom stereocenters. The van der Waals surface area contributed by atoms with Crippen molar-refractivity contribution in [1.82, 2.24) is 5.32 Å². The van der Waals surface area contributed by atoms with Gasteiger partial charge in [-0.3, -0.25) is 4.79 Å². The highest BCUT2D eigenvalue weighted by Gasteiger charge is 2.14. The summed E-state index contributed by atoms with van der Waals surface area (Å²) in [5, 5.41) is 5.88. The van der Waals surface area contributed by atoms with Crippen LogP contribution in [0.25, 0.3) is 0 Å².